The highest BCUT2D eigenvalue weighted by Gasteiger charge is 2.11. The molecule has 13 heavy (non-hydrogen) atoms. The number of aromatic nitrogens is 2. The molecule has 0 aromatic carbocycles. The predicted molar refractivity (Wildman–Crippen MR) is 46.0 cm³/mol. The molecule has 0 spiro atoms. The minimum atomic E-state index is -0.384. The Morgan fingerprint density at radius 1 is 1.85 bits per heavy atom. The van der Waals surface area contributed by atoms with Crippen molar-refractivity contribution >= 4 is 12.2 Å². The van der Waals surface area contributed by atoms with E-state index in [-0.39, 0.29) is 11.8 Å². The van der Waals surface area contributed by atoms with Crippen LogP contribution in [0, 0.1) is 5.92 Å². The minimum absolute atomic E-state index is 0.298. The van der Waals surface area contributed by atoms with Crippen LogP contribution in [-0.4, -0.2) is 21.7 Å². The van der Waals surface area contributed by atoms with Crippen molar-refractivity contribution in [3.63, 3.8) is 0 Å². The van der Waals surface area contributed by atoms with E-state index in [9.17, 15) is 9.59 Å². The Morgan fingerprint density at radius 3 is 3.08 bits per heavy atom. The fraction of sp³-hybridized carbons (Fsp3) is 0.375. The minimum Gasteiger partial charge on any atom is -0.369 e. The lowest BCUT2D eigenvalue weighted by Gasteiger charge is -2.08. The van der Waals surface area contributed by atoms with Crippen molar-refractivity contribution in [2.75, 3.05) is 0 Å². The highest BCUT2D eigenvalue weighted by atomic mass is 16.1. The topological polar surface area (TPSA) is 78.0 Å². The molecule has 1 heterocycles. The zero-order valence-corrected chi connectivity index (χ0v) is 7.30. The van der Waals surface area contributed by atoms with E-state index in [1.54, 1.807) is 17.7 Å². The third-order valence-corrected chi connectivity index (χ3v) is 1.81. The van der Waals surface area contributed by atoms with Crippen LogP contribution in [0.4, 0.5) is 0 Å². The number of carbonyl (C=O) groups excluding carboxylic acids is 2. The smallest absolute Gasteiger partial charge is 0.222 e. The number of carbonyl (C=O) groups is 2. The van der Waals surface area contributed by atoms with E-state index in [0.29, 0.717) is 18.7 Å². The molecule has 0 aliphatic carbocycles. The van der Waals surface area contributed by atoms with Gasteiger partial charge in [0.05, 0.1) is 5.92 Å². The molecule has 5 nitrogen and oxygen atoms in total. The lowest BCUT2D eigenvalue weighted by molar-refractivity contribution is -0.121. The standard InChI is InChI=1S/C8H11N3O2/c1-6(8(9)13)4-11-3-2-10-7(11)5-12/h2-3,5-6H,4H2,1H3,(H2,9,13). The molecule has 0 radical (unpaired) electrons. The Labute approximate surface area is 75.6 Å². The van der Waals surface area contributed by atoms with Crippen LogP contribution >= 0.6 is 0 Å². The van der Waals surface area contributed by atoms with Crippen LogP contribution in [0.5, 0.6) is 0 Å². The number of nitrogens with zero attached hydrogens (tertiary/aromatic N) is 2. The lowest BCUT2D eigenvalue weighted by atomic mass is 10.2. The zero-order chi connectivity index (χ0) is 9.84. The number of hydrogen-bond donors (Lipinski definition) is 1. The Hall–Kier alpha value is -1.65. The van der Waals surface area contributed by atoms with Crippen LogP contribution in [0.15, 0.2) is 12.4 Å². The molecule has 0 bridgehead atoms. The summed E-state index contributed by atoms with van der Waals surface area (Å²) in [4.78, 5) is 25.0. The fourth-order valence-electron chi connectivity index (χ4n) is 0.978. The number of amides is 1. The molecule has 1 amide bonds. The van der Waals surface area contributed by atoms with Gasteiger partial charge >= 0.3 is 0 Å². The van der Waals surface area contributed by atoms with E-state index >= 15 is 0 Å². The van der Waals surface area contributed by atoms with Crippen LogP contribution < -0.4 is 5.73 Å². The first-order valence-corrected chi connectivity index (χ1v) is 3.90. The number of imidazole rings is 1. The van der Waals surface area contributed by atoms with Gasteiger partial charge < -0.3 is 10.3 Å². The molecule has 1 aromatic heterocycles. The zero-order valence-electron chi connectivity index (χ0n) is 7.30. The molecule has 2 N–H and O–H groups in total. The Morgan fingerprint density at radius 2 is 2.54 bits per heavy atom. The van der Waals surface area contributed by atoms with Gasteiger partial charge in [0.1, 0.15) is 0 Å². The van der Waals surface area contributed by atoms with Gasteiger partial charge in [-0.05, 0) is 0 Å². The fourth-order valence-corrected chi connectivity index (χ4v) is 0.978. The van der Waals surface area contributed by atoms with Crippen molar-refractivity contribution in [1.29, 1.82) is 0 Å². The maximum absolute atomic E-state index is 10.7. The summed E-state index contributed by atoms with van der Waals surface area (Å²) in [5, 5.41) is 0. The van der Waals surface area contributed by atoms with E-state index in [4.69, 9.17) is 5.73 Å². The van der Waals surface area contributed by atoms with Crippen molar-refractivity contribution in [2.24, 2.45) is 11.7 Å². The van der Waals surface area contributed by atoms with E-state index in [1.165, 1.54) is 6.20 Å². The SMILES string of the molecule is CC(Cn1ccnc1C=O)C(N)=O. The molecule has 0 aliphatic heterocycles. The molecule has 5 heteroatoms. The summed E-state index contributed by atoms with van der Waals surface area (Å²) in [5.74, 6) is -0.369. The summed E-state index contributed by atoms with van der Waals surface area (Å²) in [6.45, 7) is 2.10. The van der Waals surface area contributed by atoms with Gasteiger partial charge in [-0.2, -0.15) is 0 Å². The number of nitrogens with two attached hydrogens (primary N) is 1. The van der Waals surface area contributed by atoms with Crippen LogP contribution in [0.1, 0.15) is 17.5 Å². The largest absolute Gasteiger partial charge is 0.369 e. The third-order valence-electron chi connectivity index (χ3n) is 1.81. The number of rotatable bonds is 4. The number of aldehydes is 1. The monoisotopic (exact) mass is 181 g/mol. The van der Waals surface area contributed by atoms with Crippen molar-refractivity contribution in [3.8, 4) is 0 Å². The molecule has 1 rings (SSSR count). The summed E-state index contributed by atoms with van der Waals surface area (Å²) >= 11 is 0. The first-order valence-electron chi connectivity index (χ1n) is 3.90. The Bertz CT molecular complexity index is 319. The Kier molecular flexibility index (Phi) is 2.79. The van der Waals surface area contributed by atoms with Crippen LogP contribution in [0.3, 0.4) is 0 Å². The van der Waals surface area contributed by atoms with Gasteiger partial charge in [-0.3, -0.25) is 9.59 Å². The maximum Gasteiger partial charge on any atom is 0.222 e. The van der Waals surface area contributed by atoms with Crippen molar-refractivity contribution in [1.82, 2.24) is 9.55 Å². The summed E-state index contributed by atoms with van der Waals surface area (Å²) in [5.41, 5.74) is 5.08. The van der Waals surface area contributed by atoms with Crippen molar-refractivity contribution in [3.05, 3.63) is 18.2 Å². The van der Waals surface area contributed by atoms with Crippen molar-refractivity contribution in [2.45, 2.75) is 13.5 Å². The molecule has 0 saturated carbocycles. The molecule has 1 unspecified atom stereocenters. The molecule has 0 fully saturated rings. The highest BCUT2D eigenvalue weighted by Crippen LogP contribution is 2.01. The van der Waals surface area contributed by atoms with Crippen LogP contribution in [0.2, 0.25) is 0 Å². The lowest BCUT2D eigenvalue weighted by Crippen LogP contribution is -2.25. The molecular weight excluding hydrogens is 170 g/mol. The Balaban J connectivity index is 2.73. The van der Waals surface area contributed by atoms with Gasteiger partial charge in [0.15, 0.2) is 12.1 Å². The molecule has 1 atom stereocenters. The average molecular weight is 181 g/mol. The average Bonchev–Trinajstić information content (AvgIpc) is 2.51. The van der Waals surface area contributed by atoms with Gasteiger partial charge in [-0.25, -0.2) is 4.98 Å². The second-order valence-electron chi connectivity index (χ2n) is 2.86. The van der Waals surface area contributed by atoms with Gasteiger partial charge in [0.25, 0.3) is 0 Å². The van der Waals surface area contributed by atoms with Crippen LogP contribution in [0.25, 0.3) is 0 Å². The molecule has 1 aromatic rings. The van der Waals surface area contributed by atoms with Gasteiger partial charge in [-0.15, -0.1) is 0 Å². The number of hydrogen-bond acceptors (Lipinski definition) is 3. The first-order chi connectivity index (χ1) is 6.15. The first kappa shape index (κ1) is 9.44. The molecule has 0 saturated heterocycles. The molecule has 70 valence electrons. The summed E-state index contributed by atoms with van der Waals surface area (Å²) in [6, 6.07) is 0. The van der Waals surface area contributed by atoms with Crippen molar-refractivity contribution < 1.29 is 9.59 Å². The van der Waals surface area contributed by atoms with E-state index < -0.39 is 0 Å². The van der Waals surface area contributed by atoms with E-state index in [1.807, 2.05) is 0 Å². The third kappa shape index (κ3) is 2.14. The second-order valence-corrected chi connectivity index (χ2v) is 2.86. The summed E-state index contributed by atoms with van der Waals surface area (Å²) in [6.07, 6.45) is 3.80. The normalized spacial score (nSPS) is 12.4. The van der Waals surface area contributed by atoms with Crippen LogP contribution in [-0.2, 0) is 11.3 Å². The van der Waals surface area contributed by atoms with E-state index in [0.717, 1.165) is 0 Å². The molecular formula is C8H11N3O2. The second kappa shape index (κ2) is 3.84. The summed E-state index contributed by atoms with van der Waals surface area (Å²) in [7, 11) is 0. The van der Waals surface area contributed by atoms with Gasteiger partial charge in [-0.1, -0.05) is 6.92 Å². The van der Waals surface area contributed by atoms with Gasteiger partial charge in [0.2, 0.25) is 5.91 Å². The summed E-state index contributed by atoms with van der Waals surface area (Å²) < 4.78 is 1.60. The predicted octanol–water partition coefficient (Wildman–Crippen LogP) is -0.183. The quantitative estimate of drug-likeness (QED) is 0.654. The number of primary amides is 1. The maximum atomic E-state index is 10.7. The highest BCUT2D eigenvalue weighted by molar-refractivity contribution is 5.76. The van der Waals surface area contributed by atoms with Gasteiger partial charge in [0, 0.05) is 18.9 Å². The van der Waals surface area contributed by atoms with E-state index in [2.05, 4.69) is 4.98 Å². The molecule has 0 aliphatic rings.